The summed E-state index contributed by atoms with van der Waals surface area (Å²) in [7, 11) is 0. The normalized spacial score (nSPS) is 12.1. The lowest BCUT2D eigenvalue weighted by Crippen LogP contribution is -2.30. The SMILES string of the molecule is O=C(O)c1cccnc1C(=O)c1cccc(C(O)(O)F)c1C(O)(O)F. The number of benzene rings is 1. The number of carbonyl (C=O) groups excluding carboxylic acids is 1. The van der Waals surface area contributed by atoms with Crippen molar-refractivity contribution < 1.29 is 43.9 Å². The van der Waals surface area contributed by atoms with Crippen LogP contribution in [-0.2, 0) is 12.1 Å². The highest BCUT2D eigenvalue weighted by Gasteiger charge is 2.41. The monoisotopic (exact) mass is 355 g/mol. The quantitative estimate of drug-likeness (QED) is 0.376. The van der Waals surface area contributed by atoms with Crippen molar-refractivity contribution in [3.8, 4) is 0 Å². The summed E-state index contributed by atoms with van der Waals surface area (Å²) in [5, 5.41) is 45.5. The van der Waals surface area contributed by atoms with Crippen molar-refractivity contribution in [1.82, 2.24) is 4.98 Å². The second-order valence-electron chi connectivity index (χ2n) is 4.94. The number of aromatic carboxylic acids is 1. The number of halogens is 2. The van der Waals surface area contributed by atoms with E-state index in [-0.39, 0.29) is 0 Å². The molecule has 25 heavy (non-hydrogen) atoms. The van der Waals surface area contributed by atoms with Gasteiger partial charge in [-0.1, -0.05) is 18.2 Å². The molecule has 0 aliphatic carbocycles. The number of nitrogens with zero attached hydrogens (tertiary/aromatic N) is 1. The Morgan fingerprint density at radius 2 is 1.52 bits per heavy atom. The van der Waals surface area contributed by atoms with Crippen LogP contribution >= 0.6 is 0 Å². The lowest BCUT2D eigenvalue weighted by atomic mass is 9.93. The molecule has 0 amide bonds. The molecule has 0 saturated carbocycles. The summed E-state index contributed by atoms with van der Waals surface area (Å²) < 4.78 is 27.2. The molecule has 0 saturated heterocycles. The highest BCUT2D eigenvalue weighted by molar-refractivity contribution is 6.13. The lowest BCUT2D eigenvalue weighted by molar-refractivity contribution is -0.290. The van der Waals surface area contributed by atoms with Crippen LogP contribution in [0.25, 0.3) is 0 Å². The predicted molar refractivity (Wildman–Crippen MR) is 75.5 cm³/mol. The smallest absolute Gasteiger partial charge is 0.345 e. The predicted octanol–water partition coefficient (Wildman–Crippen LogP) is 0.140. The van der Waals surface area contributed by atoms with Crippen LogP contribution in [0, 0.1) is 0 Å². The third-order valence-electron chi connectivity index (χ3n) is 3.22. The van der Waals surface area contributed by atoms with E-state index in [1.54, 1.807) is 0 Å². The van der Waals surface area contributed by atoms with Crippen molar-refractivity contribution in [2.24, 2.45) is 0 Å². The maximum atomic E-state index is 13.7. The Morgan fingerprint density at radius 1 is 0.920 bits per heavy atom. The van der Waals surface area contributed by atoms with Gasteiger partial charge in [-0.2, -0.15) is 8.78 Å². The van der Waals surface area contributed by atoms with E-state index in [0.717, 1.165) is 24.4 Å². The first-order chi connectivity index (χ1) is 11.4. The van der Waals surface area contributed by atoms with Gasteiger partial charge < -0.3 is 25.5 Å². The fraction of sp³-hybridized carbons (Fsp3) is 0.133. The molecule has 0 bridgehead atoms. The average molecular weight is 355 g/mol. The van der Waals surface area contributed by atoms with Crippen molar-refractivity contribution in [3.05, 3.63) is 64.5 Å². The van der Waals surface area contributed by atoms with Crippen LogP contribution in [0.1, 0.15) is 37.5 Å². The molecule has 0 fully saturated rings. The molecule has 0 unspecified atom stereocenters. The van der Waals surface area contributed by atoms with Gasteiger partial charge in [0.25, 0.3) is 0 Å². The summed E-state index contributed by atoms with van der Waals surface area (Å²) in [5.74, 6) is -2.85. The van der Waals surface area contributed by atoms with Crippen molar-refractivity contribution in [2.75, 3.05) is 0 Å². The number of alkyl halides is 2. The van der Waals surface area contributed by atoms with Crippen molar-refractivity contribution in [1.29, 1.82) is 0 Å². The summed E-state index contributed by atoms with van der Waals surface area (Å²) in [4.78, 5) is 27.2. The van der Waals surface area contributed by atoms with Gasteiger partial charge in [0.15, 0.2) is 0 Å². The van der Waals surface area contributed by atoms with Gasteiger partial charge in [0, 0.05) is 11.8 Å². The van der Waals surface area contributed by atoms with E-state index in [0.29, 0.717) is 6.07 Å². The highest BCUT2D eigenvalue weighted by atomic mass is 19.2. The fourth-order valence-electron chi connectivity index (χ4n) is 2.24. The van der Waals surface area contributed by atoms with Crippen LogP contribution in [0.15, 0.2) is 36.5 Å². The Balaban J connectivity index is 2.77. The molecule has 0 spiro atoms. The van der Waals surface area contributed by atoms with Gasteiger partial charge >= 0.3 is 18.1 Å². The zero-order chi connectivity index (χ0) is 19.0. The van der Waals surface area contributed by atoms with Crippen molar-refractivity contribution in [2.45, 2.75) is 12.1 Å². The average Bonchev–Trinajstić information content (AvgIpc) is 2.51. The largest absolute Gasteiger partial charge is 0.478 e. The van der Waals surface area contributed by atoms with E-state index >= 15 is 0 Å². The summed E-state index contributed by atoms with van der Waals surface area (Å²) in [6, 6.07) is -3.98. The number of carboxylic acids is 1. The third kappa shape index (κ3) is 3.67. The van der Waals surface area contributed by atoms with Crippen LogP contribution < -0.4 is 0 Å². The summed E-state index contributed by atoms with van der Waals surface area (Å²) in [5.41, 5.74) is -5.04. The molecule has 2 aromatic rings. The first-order valence-electron chi connectivity index (χ1n) is 6.59. The minimum atomic E-state index is -4.33. The second kappa shape index (κ2) is 6.26. The summed E-state index contributed by atoms with van der Waals surface area (Å²) in [6.07, 6.45) is 1.06. The number of ketones is 1. The molecule has 1 heterocycles. The number of aliphatic hydroxyl groups is 4. The van der Waals surface area contributed by atoms with E-state index in [2.05, 4.69) is 4.98 Å². The molecule has 0 aliphatic heterocycles. The molecule has 5 N–H and O–H groups in total. The number of carboxylic acid groups (broad SMARTS) is 1. The summed E-state index contributed by atoms with van der Waals surface area (Å²) in [6.45, 7) is 0. The zero-order valence-corrected chi connectivity index (χ0v) is 12.2. The topological polar surface area (TPSA) is 148 Å². The molecule has 132 valence electrons. The lowest BCUT2D eigenvalue weighted by Gasteiger charge is -2.23. The molecular formula is C15H11F2NO7. The minimum absolute atomic E-state index is 0.580. The molecule has 8 nitrogen and oxygen atoms in total. The first-order valence-corrected chi connectivity index (χ1v) is 6.59. The zero-order valence-electron chi connectivity index (χ0n) is 12.2. The second-order valence-corrected chi connectivity index (χ2v) is 4.94. The Morgan fingerprint density at radius 3 is 2.04 bits per heavy atom. The maximum absolute atomic E-state index is 13.7. The summed E-state index contributed by atoms with van der Waals surface area (Å²) >= 11 is 0. The standard InChI is InChI=1S/C15H11F2NO7/c16-14(22,23)9-5-1-3-7(10(9)15(17,24)25)12(19)11-8(13(20)21)4-2-6-18-11/h1-6,22-25H,(H,20,21). The Labute approximate surface area is 138 Å². The minimum Gasteiger partial charge on any atom is -0.478 e. The van der Waals surface area contributed by atoms with Crippen LogP contribution in [0.4, 0.5) is 8.78 Å². The highest BCUT2D eigenvalue weighted by Crippen LogP contribution is 2.34. The van der Waals surface area contributed by atoms with Gasteiger partial charge in [0.2, 0.25) is 5.78 Å². The Hall–Kier alpha value is -2.79. The van der Waals surface area contributed by atoms with Gasteiger partial charge in [0.1, 0.15) is 5.69 Å². The van der Waals surface area contributed by atoms with Gasteiger partial charge in [-0.15, -0.1) is 0 Å². The number of rotatable bonds is 5. The van der Waals surface area contributed by atoms with Gasteiger partial charge in [-0.05, 0) is 12.1 Å². The number of carbonyl (C=O) groups is 2. The molecule has 0 atom stereocenters. The third-order valence-corrected chi connectivity index (χ3v) is 3.22. The van der Waals surface area contributed by atoms with Crippen molar-refractivity contribution in [3.63, 3.8) is 0 Å². The molecule has 0 radical (unpaired) electrons. The number of aromatic nitrogens is 1. The van der Waals surface area contributed by atoms with E-state index in [9.17, 15) is 28.6 Å². The van der Waals surface area contributed by atoms with E-state index < -0.39 is 51.8 Å². The first kappa shape index (κ1) is 18.5. The van der Waals surface area contributed by atoms with Gasteiger partial charge in [-0.25, -0.2) is 4.79 Å². The maximum Gasteiger partial charge on any atom is 0.345 e. The number of hydrogen-bond acceptors (Lipinski definition) is 7. The molecule has 10 heteroatoms. The van der Waals surface area contributed by atoms with E-state index in [1.165, 1.54) is 6.07 Å². The molecule has 2 rings (SSSR count). The molecule has 0 aliphatic rings. The van der Waals surface area contributed by atoms with Crippen LogP contribution in [-0.4, -0.2) is 42.3 Å². The Bertz CT molecular complexity index is 841. The van der Waals surface area contributed by atoms with Crippen LogP contribution in [0.3, 0.4) is 0 Å². The van der Waals surface area contributed by atoms with E-state index in [1.807, 2.05) is 0 Å². The number of pyridine rings is 1. The molecule has 1 aromatic heterocycles. The van der Waals surface area contributed by atoms with Crippen LogP contribution in [0.2, 0.25) is 0 Å². The number of hydrogen-bond donors (Lipinski definition) is 5. The van der Waals surface area contributed by atoms with Gasteiger partial charge in [-0.3, -0.25) is 9.78 Å². The molecular weight excluding hydrogens is 344 g/mol. The van der Waals surface area contributed by atoms with Gasteiger partial charge in [0.05, 0.1) is 16.7 Å². The Kier molecular flexibility index (Phi) is 4.64. The van der Waals surface area contributed by atoms with Crippen molar-refractivity contribution >= 4 is 11.8 Å². The fourth-order valence-corrected chi connectivity index (χ4v) is 2.24. The molecule has 1 aromatic carbocycles. The van der Waals surface area contributed by atoms with E-state index in [4.69, 9.17) is 15.3 Å². The van der Waals surface area contributed by atoms with Crippen LogP contribution in [0.5, 0.6) is 0 Å².